The molecule has 3 rings (SSSR count). The fourth-order valence-corrected chi connectivity index (χ4v) is 2.80. The SMILES string of the molecule is C=CCN1C(=O)NC(=O)/C(=C/c2cn(CC)c3ccccc23)C1=O. The minimum atomic E-state index is -0.724. The van der Waals surface area contributed by atoms with Crippen LogP contribution in [0.2, 0.25) is 0 Å². The summed E-state index contributed by atoms with van der Waals surface area (Å²) in [6.45, 7) is 6.36. The number of hydrogen-bond acceptors (Lipinski definition) is 3. The molecule has 0 atom stereocenters. The molecule has 0 spiro atoms. The van der Waals surface area contributed by atoms with E-state index in [0.29, 0.717) is 0 Å². The number of para-hydroxylation sites is 1. The van der Waals surface area contributed by atoms with Gasteiger partial charge in [0.25, 0.3) is 11.8 Å². The lowest BCUT2D eigenvalue weighted by molar-refractivity contribution is -0.129. The molecule has 6 heteroatoms. The Labute approximate surface area is 139 Å². The van der Waals surface area contributed by atoms with E-state index >= 15 is 0 Å². The minimum Gasteiger partial charge on any atom is -0.347 e. The lowest BCUT2D eigenvalue weighted by Crippen LogP contribution is -2.54. The average molecular weight is 323 g/mol. The van der Waals surface area contributed by atoms with Crippen molar-refractivity contribution in [1.82, 2.24) is 14.8 Å². The number of imide groups is 2. The first kappa shape index (κ1) is 15.7. The molecule has 0 unspecified atom stereocenters. The fraction of sp³-hybridized carbons (Fsp3) is 0.167. The molecule has 1 aromatic carbocycles. The van der Waals surface area contributed by atoms with Crippen molar-refractivity contribution in [3.8, 4) is 0 Å². The van der Waals surface area contributed by atoms with Gasteiger partial charge in [0.05, 0.1) is 0 Å². The molecule has 1 N–H and O–H groups in total. The average Bonchev–Trinajstić information content (AvgIpc) is 2.93. The maximum absolute atomic E-state index is 12.5. The zero-order chi connectivity index (χ0) is 17.3. The van der Waals surface area contributed by atoms with E-state index < -0.39 is 17.8 Å². The molecule has 2 aromatic rings. The van der Waals surface area contributed by atoms with E-state index in [1.807, 2.05) is 42.0 Å². The van der Waals surface area contributed by atoms with Gasteiger partial charge < -0.3 is 4.57 Å². The number of urea groups is 1. The first-order valence-corrected chi connectivity index (χ1v) is 7.64. The number of aryl methyl sites for hydroxylation is 1. The summed E-state index contributed by atoms with van der Waals surface area (Å²) in [5.74, 6) is -1.30. The monoisotopic (exact) mass is 323 g/mol. The molecule has 122 valence electrons. The van der Waals surface area contributed by atoms with Crippen LogP contribution < -0.4 is 5.32 Å². The Kier molecular flexibility index (Phi) is 4.04. The van der Waals surface area contributed by atoms with Gasteiger partial charge in [0.2, 0.25) is 0 Å². The Balaban J connectivity index is 2.10. The van der Waals surface area contributed by atoms with Crippen LogP contribution >= 0.6 is 0 Å². The maximum atomic E-state index is 12.5. The highest BCUT2D eigenvalue weighted by Crippen LogP contribution is 2.24. The number of carbonyl (C=O) groups excluding carboxylic acids is 3. The Hall–Kier alpha value is -3.15. The lowest BCUT2D eigenvalue weighted by atomic mass is 10.1. The second kappa shape index (κ2) is 6.16. The van der Waals surface area contributed by atoms with Gasteiger partial charge >= 0.3 is 6.03 Å². The standard InChI is InChI=1S/C18H17N3O3/c1-3-9-21-17(23)14(16(22)19-18(21)24)10-12-11-20(4-2)15-8-6-5-7-13(12)15/h3,5-8,10-11H,1,4,9H2,2H3,(H,19,22,24)/b14-10-. The van der Waals surface area contributed by atoms with Crippen molar-refractivity contribution in [2.45, 2.75) is 13.5 Å². The van der Waals surface area contributed by atoms with Crippen molar-refractivity contribution in [2.24, 2.45) is 0 Å². The van der Waals surface area contributed by atoms with Crippen molar-refractivity contribution in [2.75, 3.05) is 6.54 Å². The molecule has 0 bridgehead atoms. The summed E-state index contributed by atoms with van der Waals surface area (Å²) in [6, 6.07) is 7.04. The van der Waals surface area contributed by atoms with Gasteiger partial charge in [0, 0.05) is 35.8 Å². The highest BCUT2D eigenvalue weighted by Gasteiger charge is 2.35. The van der Waals surface area contributed by atoms with Crippen molar-refractivity contribution >= 4 is 34.8 Å². The van der Waals surface area contributed by atoms with E-state index in [1.165, 1.54) is 12.2 Å². The number of amides is 4. The largest absolute Gasteiger partial charge is 0.347 e. The predicted octanol–water partition coefficient (Wildman–Crippen LogP) is 2.31. The summed E-state index contributed by atoms with van der Waals surface area (Å²) in [5.41, 5.74) is 1.73. The van der Waals surface area contributed by atoms with Gasteiger partial charge in [0.15, 0.2) is 0 Å². The van der Waals surface area contributed by atoms with E-state index in [0.717, 1.165) is 27.9 Å². The molecule has 6 nitrogen and oxygen atoms in total. The summed E-state index contributed by atoms with van der Waals surface area (Å²) in [5, 5.41) is 3.13. The number of fused-ring (bicyclic) bond motifs is 1. The Morgan fingerprint density at radius 1 is 1.21 bits per heavy atom. The number of carbonyl (C=O) groups is 3. The number of benzene rings is 1. The van der Waals surface area contributed by atoms with E-state index in [2.05, 4.69) is 11.9 Å². The molecular weight excluding hydrogens is 306 g/mol. The quantitative estimate of drug-likeness (QED) is 0.533. The molecule has 1 fully saturated rings. The Morgan fingerprint density at radius 3 is 2.67 bits per heavy atom. The highest BCUT2D eigenvalue weighted by atomic mass is 16.2. The molecule has 1 aromatic heterocycles. The topological polar surface area (TPSA) is 71.4 Å². The van der Waals surface area contributed by atoms with E-state index in [9.17, 15) is 14.4 Å². The van der Waals surface area contributed by atoms with Crippen LogP contribution in [0.3, 0.4) is 0 Å². The summed E-state index contributed by atoms with van der Waals surface area (Å²) >= 11 is 0. The summed E-state index contributed by atoms with van der Waals surface area (Å²) in [4.78, 5) is 37.3. The van der Waals surface area contributed by atoms with Crippen molar-refractivity contribution < 1.29 is 14.4 Å². The minimum absolute atomic E-state index is 0.0476. The van der Waals surface area contributed by atoms with Crippen LogP contribution in [-0.4, -0.2) is 33.9 Å². The summed E-state index contributed by atoms with van der Waals surface area (Å²) in [6.07, 6.45) is 4.87. The fourth-order valence-electron chi connectivity index (χ4n) is 2.80. The highest BCUT2D eigenvalue weighted by molar-refractivity contribution is 6.31. The summed E-state index contributed by atoms with van der Waals surface area (Å²) < 4.78 is 2.04. The third kappa shape index (κ3) is 2.52. The van der Waals surface area contributed by atoms with Gasteiger partial charge in [-0.2, -0.15) is 0 Å². The van der Waals surface area contributed by atoms with Crippen LogP contribution in [0.4, 0.5) is 4.79 Å². The second-order valence-electron chi connectivity index (χ2n) is 5.41. The van der Waals surface area contributed by atoms with Gasteiger partial charge in [-0.15, -0.1) is 6.58 Å². The van der Waals surface area contributed by atoms with Gasteiger partial charge in [0.1, 0.15) is 5.57 Å². The van der Waals surface area contributed by atoms with Gasteiger partial charge in [-0.3, -0.25) is 19.8 Å². The van der Waals surface area contributed by atoms with Crippen LogP contribution in [0.1, 0.15) is 12.5 Å². The van der Waals surface area contributed by atoms with E-state index in [-0.39, 0.29) is 12.1 Å². The molecule has 1 aliphatic rings. The first-order chi connectivity index (χ1) is 11.6. The predicted molar refractivity (Wildman–Crippen MR) is 91.0 cm³/mol. The molecule has 2 heterocycles. The molecule has 4 amide bonds. The zero-order valence-corrected chi connectivity index (χ0v) is 13.3. The molecule has 24 heavy (non-hydrogen) atoms. The van der Waals surface area contributed by atoms with Gasteiger partial charge in [-0.05, 0) is 19.1 Å². The maximum Gasteiger partial charge on any atom is 0.331 e. The number of rotatable bonds is 4. The molecule has 0 aliphatic carbocycles. The molecule has 1 saturated heterocycles. The number of aromatic nitrogens is 1. The first-order valence-electron chi connectivity index (χ1n) is 7.64. The summed E-state index contributed by atoms with van der Waals surface area (Å²) in [7, 11) is 0. The van der Waals surface area contributed by atoms with E-state index in [4.69, 9.17) is 0 Å². The number of barbiturate groups is 1. The number of hydrogen-bond donors (Lipinski definition) is 1. The van der Waals surface area contributed by atoms with Gasteiger partial charge in [-0.25, -0.2) is 4.79 Å². The number of nitrogens with zero attached hydrogens (tertiary/aromatic N) is 2. The molecule has 0 saturated carbocycles. The van der Waals surface area contributed by atoms with E-state index in [1.54, 1.807) is 0 Å². The molecule has 1 aliphatic heterocycles. The molecule has 0 radical (unpaired) electrons. The normalized spacial score (nSPS) is 16.8. The molecular formula is C18H17N3O3. The smallest absolute Gasteiger partial charge is 0.331 e. The van der Waals surface area contributed by atoms with Crippen LogP contribution in [0.15, 0.2) is 48.7 Å². The van der Waals surface area contributed by atoms with Gasteiger partial charge in [-0.1, -0.05) is 24.3 Å². The van der Waals surface area contributed by atoms with Crippen molar-refractivity contribution in [1.29, 1.82) is 0 Å². The van der Waals surface area contributed by atoms with Crippen LogP contribution in [0, 0.1) is 0 Å². The Morgan fingerprint density at radius 2 is 1.96 bits per heavy atom. The third-order valence-corrected chi connectivity index (χ3v) is 3.96. The van der Waals surface area contributed by atoms with Crippen LogP contribution in [0.5, 0.6) is 0 Å². The third-order valence-electron chi connectivity index (χ3n) is 3.96. The number of nitrogens with one attached hydrogen (secondary N) is 1. The van der Waals surface area contributed by atoms with Crippen LogP contribution in [-0.2, 0) is 16.1 Å². The lowest BCUT2D eigenvalue weighted by Gasteiger charge is -2.25. The van der Waals surface area contributed by atoms with Crippen LogP contribution in [0.25, 0.3) is 17.0 Å². The second-order valence-corrected chi connectivity index (χ2v) is 5.41. The van der Waals surface area contributed by atoms with Crippen molar-refractivity contribution in [3.05, 3.63) is 54.3 Å². The van der Waals surface area contributed by atoms with Crippen molar-refractivity contribution in [3.63, 3.8) is 0 Å². The zero-order valence-electron chi connectivity index (χ0n) is 13.3. The Bertz CT molecular complexity index is 892.